The largest absolute Gasteiger partial charge is 0.342 e. The molecule has 1 amide bonds. The van der Waals surface area contributed by atoms with Crippen LogP contribution in [0.25, 0.3) is 0 Å². The van der Waals surface area contributed by atoms with E-state index in [0.29, 0.717) is 5.91 Å². The molecule has 1 N–H and O–H groups in total. The lowest BCUT2D eigenvalue weighted by molar-refractivity contribution is -0.139. The van der Waals surface area contributed by atoms with Gasteiger partial charge in [0, 0.05) is 19.6 Å². The molecule has 0 aliphatic carbocycles. The molecule has 3 nitrogen and oxygen atoms in total. The second-order valence-corrected chi connectivity index (χ2v) is 5.68. The average molecular weight is 224 g/mol. The van der Waals surface area contributed by atoms with Gasteiger partial charge < -0.3 is 10.2 Å². The summed E-state index contributed by atoms with van der Waals surface area (Å²) < 4.78 is 0. The molecule has 0 aromatic carbocycles. The summed E-state index contributed by atoms with van der Waals surface area (Å²) in [6.07, 6.45) is 4.73. The lowest BCUT2D eigenvalue weighted by atomic mass is 9.88. The lowest BCUT2D eigenvalue weighted by Crippen LogP contribution is -2.42. The van der Waals surface area contributed by atoms with Gasteiger partial charge in [-0.2, -0.15) is 0 Å². The molecule has 16 heavy (non-hydrogen) atoms. The predicted octanol–water partition coefficient (Wildman–Crippen LogP) is 1.63. The molecule has 2 rings (SSSR count). The SMILES string of the molecule is CCCC1CCN(C(=O)C2(C)CCNC2)C1. The molecule has 92 valence electrons. The topological polar surface area (TPSA) is 32.3 Å². The molecular formula is C13H24N2O. The normalized spacial score (nSPS) is 34.6. The average Bonchev–Trinajstić information content (AvgIpc) is 2.88. The molecular weight excluding hydrogens is 200 g/mol. The monoisotopic (exact) mass is 224 g/mol. The van der Waals surface area contributed by atoms with Gasteiger partial charge in [-0.1, -0.05) is 13.3 Å². The van der Waals surface area contributed by atoms with Crippen LogP contribution in [-0.2, 0) is 4.79 Å². The van der Waals surface area contributed by atoms with Crippen LogP contribution in [0.15, 0.2) is 0 Å². The number of rotatable bonds is 3. The van der Waals surface area contributed by atoms with E-state index in [1.54, 1.807) is 0 Å². The van der Waals surface area contributed by atoms with Crippen LogP contribution >= 0.6 is 0 Å². The van der Waals surface area contributed by atoms with Crippen molar-refractivity contribution in [1.82, 2.24) is 10.2 Å². The Balaban J connectivity index is 1.91. The van der Waals surface area contributed by atoms with E-state index in [0.717, 1.165) is 38.5 Å². The zero-order valence-electron chi connectivity index (χ0n) is 10.6. The van der Waals surface area contributed by atoms with Gasteiger partial charge in [-0.25, -0.2) is 0 Å². The molecule has 0 spiro atoms. The molecule has 2 unspecified atom stereocenters. The van der Waals surface area contributed by atoms with E-state index < -0.39 is 0 Å². The van der Waals surface area contributed by atoms with Crippen molar-refractivity contribution >= 4 is 5.91 Å². The van der Waals surface area contributed by atoms with Gasteiger partial charge in [-0.15, -0.1) is 0 Å². The predicted molar refractivity (Wildman–Crippen MR) is 65.2 cm³/mol. The van der Waals surface area contributed by atoms with E-state index in [4.69, 9.17) is 0 Å². The second kappa shape index (κ2) is 4.74. The molecule has 2 atom stereocenters. The maximum absolute atomic E-state index is 12.4. The minimum absolute atomic E-state index is 0.124. The lowest BCUT2D eigenvalue weighted by Gasteiger charge is -2.28. The molecule has 2 aliphatic rings. The first-order valence-electron chi connectivity index (χ1n) is 6.66. The summed E-state index contributed by atoms with van der Waals surface area (Å²) in [5.41, 5.74) is -0.124. The molecule has 2 fully saturated rings. The summed E-state index contributed by atoms with van der Waals surface area (Å²) in [6.45, 7) is 8.19. The van der Waals surface area contributed by atoms with Crippen molar-refractivity contribution in [1.29, 1.82) is 0 Å². The molecule has 0 aromatic heterocycles. The summed E-state index contributed by atoms with van der Waals surface area (Å²) in [7, 11) is 0. The Morgan fingerprint density at radius 2 is 2.38 bits per heavy atom. The van der Waals surface area contributed by atoms with E-state index in [9.17, 15) is 4.79 Å². The molecule has 0 saturated carbocycles. The number of likely N-dealkylation sites (tertiary alicyclic amines) is 1. The number of nitrogens with zero attached hydrogens (tertiary/aromatic N) is 1. The van der Waals surface area contributed by atoms with Crippen molar-refractivity contribution in [3.8, 4) is 0 Å². The Hall–Kier alpha value is -0.570. The van der Waals surface area contributed by atoms with Gasteiger partial charge >= 0.3 is 0 Å². The minimum Gasteiger partial charge on any atom is -0.342 e. The van der Waals surface area contributed by atoms with Crippen LogP contribution in [0.3, 0.4) is 0 Å². The van der Waals surface area contributed by atoms with Crippen LogP contribution in [0.2, 0.25) is 0 Å². The number of hydrogen-bond donors (Lipinski definition) is 1. The van der Waals surface area contributed by atoms with E-state index in [1.807, 2.05) is 0 Å². The van der Waals surface area contributed by atoms with Gasteiger partial charge in [0.25, 0.3) is 0 Å². The Morgan fingerprint density at radius 1 is 1.56 bits per heavy atom. The Kier molecular flexibility index (Phi) is 3.53. The Morgan fingerprint density at radius 3 is 3.00 bits per heavy atom. The number of amides is 1. The Bertz CT molecular complexity index is 259. The van der Waals surface area contributed by atoms with Crippen LogP contribution in [0.1, 0.15) is 39.5 Å². The van der Waals surface area contributed by atoms with Crippen LogP contribution in [0.4, 0.5) is 0 Å². The second-order valence-electron chi connectivity index (χ2n) is 5.68. The van der Waals surface area contributed by atoms with Gasteiger partial charge in [0.05, 0.1) is 5.41 Å². The highest BCUT2D eigenvalue weighted by Gasteiger charge is 2.40. The van der Waals surface area contributed by atoms with Crippen molar-refractivity contribution < 1.29 is 4.79 Å². The van der Waals surface area contributed by atoms with Gasteiger partial charge in [-0.3, -0.25) is 4.79 Å². The molecule has 2 aliphatic heterocycles. The van der Waals surface area contributed by atoms with E-state index >= 15 is 0 Å². The first-order valence-corrected chi connectivity index (χ1v) is 6.66. The molecule has 2 heterocycles. The third-order valence-electron chi connectivity index (χ3n) is 4.16. The first kappa shape index (κ1) is 11.9. The van der Waals surface area contributed by atoms with Crippen molar-refractivity contribution in [2.24, 2.45) is 11.3 Å². The van der Waals surface area contributed by atoms with Crippen LogP contribution in [0.5, 0.6) is 0 Å². The third-order valence-corrected chi connectivity index (χ3v) is 4.16. The van der Waals surface area contributed by atoms with Gasteiger partial charge in [0.1, 0.15) is 0 Å². The standard InChI is InChI=1S/C13H24N2O/c1-3-4-11-5-8-15(9-11)12(16)13(2)6-7-14-10-13/h11,14H,3-10H2,1-2H3. The highest BCUT2D eigenvalue weighted by molar-refractivity contribution is 5.83. The highest BCUT2D eigenvalue weighted by atomic mass is 16.2. The maximum atomic E-state index is 12.4. The molecule has 3 heteroatoms. The summed E-state index contributed by atoms with van der Waals surface area (Å²) in [4.78, 5) is 14.5. The summed E-state index contributed by atoms with van der Waals surface area (Å²) >= 11 is 0. The first-order chi connectivity index (χ1) is 7.65. The van der Waals surface area contributed by atoms with Crippen molar-refractivity contribution in [2.45, 2.75) is 39.5 Å². The zero-order valence-corrected chi connectivity index (χ0v) is 10.6. The van der Waals surface area contributed by atoms with E-state index in [-0.39, 0.29) is 5.41 Å². The van der Waals surface area contributed by atoms with Crippen LogP contribution in [0, 0.1) is 11.3 Å². The fourth-order valence-corrected chi connectivity index (χ4v) is 3.04. The molecule has 0 radical (unpaired) electrons. The molecule has 0 aromatic rings. The smallest absolute Gasteiger partial charge is 0.229 e. The summed E-state index contributed by atoms with van der Waals surface area (Å²) in [5, 5.41) is 3.31. The number of carbonyl (C=O) groups excluding carboxylic acids is 1. The van der Waals surface area contributed by atoms with Crippen LogP contribution < -0.4 is 5.32 Å². The van der Waals surface area contributed by atoms with Crippen molar-refractivity contribution in [3.63, 3.8) is 0 Å². The number of hydrogen-bond acceptors (Lipinski definition) is 2. The van der Waals surface area contributed by atoms with Crippen molar-refractivity contribution in [2.75, 3.05) is 26.2 Å². The highest BCUT2D eigenvalue weighted by Crippen LogP contribution is 2.30. The van der Waals surface area contributed by atoms with Crippen molar-refractivity contribution in [3.05, 3.63) is 0 Å². The fraction of sp³-hybridized carbons (Fsp3) is 0.923. The summed E-state index contributed by atoms with van der Waals surface area (Å²) in [6, 6.07) is 0. The number of nitrogens with one attached hydrogen (secondary N) is 1. The van der Waals surface area contributed by atoms with E-state index in [2.05, 4.69) is 24.1 Å². The fourth-order valence-electron chi connectivity index (χ4n) is 3.04. The van der Waals surface area contributed by atoms with Gasteiger partial charge in [0.2, 0.25) is 5.91 Å². The Labute approximate surface area is 98.6 Å². The summed E-state index contributed by atoms with van der Waals surface area (Å²) in [5.74, 6) is 1.14. The van der Waals surface area contributed by atoms with Crippen LogP contribution in [-0.4, -0.2) is 37.0 Å². The molecule has 0 bridgehead atoms. The van der Waals surface area contributed by atoms with Gasteiger partial charge in [0.15, 0.2) is 0 Å². The molecule has 2 saturated heterocycles. The number of carbonyl (C=O) groups is 1. The maximum Gasteiger partial charge on any atom is 0.229 e. The minimum atomic E-state index is -0.124. The van der Waals surface area contributed by atoms with Gasteiger partial charge in [-0.05, 0) is 38.6 Å². The quantitative estimate of drug-likeness (QED) is 0.790. The van der Waals surface area contributed by atoms with E-state index in [1.165, 1.54) is 19.3 Å². The zero-order chi connectivity index (χ0) is 11.6. The third kappa shape index (κ3) is 2.24.